The Morgan fingerprint density at radius 2 is 1.15 bits per heavy atom. The van der Waals surface area contributed by atoms with Crippen LogP contribution in [0.1, 0.15) is 16.7 Å². The van der Waals surface area contributed by atoms with Crippen molar-refractivity contribution < 1.29 is 9.53 Å². The minimum Gasteiger partial charge on any atom is -0.489 e. The van der Waals surface area contributed by atoms with E-state index < -0.39 is 0 Å². The molecule has 0 saturated carbocycles. The Kier molecular flexibility index (Phi) is 6.26. The van der Waals surface area contributed by atoms with E-state index in [1.807, 2.05) is 84.9 Å². The number of rotatable bonds is 7. The molecular formula is C22H22N2O2. The normalized spacial score (nSPS) is 10.2. The SMILES string of the molecule is O=C(NCc1ccccc1)NCc1ccc(OCc2ccccc2)cc1. The van der Waals surface area contributed by atoms with Gasteiger partial charge in [0.2, 0.25) is 0 Å². The van der Waals surface area contributed by atoms with E-state index >= 15 is 0 Å². The van der Waals surface area contributed by atoms with Crippen molar-refractivity contribution >= 4 is 6.03 Å². The Bertz CT molecular complexity index is 803. The maximum atomic E-state index is 11.9. The maximum Gasteiger partial charge on any atom is 0.315 e. The topological polar surface area (TPSA) is 50.4 Å². The molecule has 3 aromatic carbocycles. The second-order valence-electron chi connectivity index (χ2n) is 5.94. The lowest BCUT2D eigenvalue weighted by atomic mass is 10.2. The fourth-order valence-corrected chi connectivity index (χ4v) is 2.47. The maximum absolute atomic E-state index is 11.9. The molecule has 0 aromatic heterocycles. The van der Waals surface area contributed by atoms with E-state index in [1.54, 1.807) is 0 Å². The molecule has 4 nitrogen and oxygen atoms in total. The molecule has 3 rings (SSSR count). The standard InChI is InChI=1S/C22H22N2O2/c25-22(23-15-18-7-3-1-4-8-18)24-16-19-11-13-21(14-12-19)26-17-20-9-5-2-6-10-20/h1-14H,15-17H2,(H2,23,24,25). The highest BCUT2D eigenvalue weighted by Crippen LogP contribution is 2.14. The molecule has 0 atom stereocenters. The quantitative estimate of drug-likeness (QED) is 0.671. The number of carbonyl (C=O) groups is 1. The first-order chi connectivity index (χ1) is 12.8. The smallest absolute Gasteiger partial charge is 0.315 e. The summed E-state index contributed by atoms with van der Waals surface area (Å²) in [6, 6.07) is 27.4. The molecule has 0 saturated heterocycles. The van der Waals surface area contributed by atoms with Crippen LogP contribution in [0.15, 0.2) is 84.9 Å². The summed E-state index contributed by atoms with van der Waals surface area (Å²) >= 11 is 0. The third kappa shape index (κ3) is 5.67. The van der Waals surface area contributed by atoms with Gasteiger partial charge in [-0.3, -0.25) is 0 Å². The second-order valence-corrected chi connectivity index (χ2v) is 5.94. The molecule has 0 bridgehead atoms. The second kappa shape index (κ2) is 9.28. The number of carbonyl (C=O) groups excluding carboxylic acids is 1. The number of urea groups is 1. The first-order valence-electron chi connectivity index (χ1n) is 8.61. The van der Waals surface area contributed by atoms with E-state index in [1.165, 1.54) is 0 Å². The van der Waals surface area contributed by atoms with Crippen molar-refractivity contribution in [3.63, 3.8) is 0 Å². The van der Waals surface area contributed by atoms with Gasteiger partial charge in [-0.2, -0.15) is 0 Å². The van der Waals surface area contributed by atoms with Crippen LogP contribution in [0.5, 0.6) is 5.75 Å². The van der Waals surface area contributed by atoms with E-state index in [0.717, 1.165) is 22.4 Å². The highest BCUT2D eigenvalue weighted by Gasteiger charge is 2.01. The van der Waals surface area contributed by atoms with Crippen LogP contribution < -0.4 is 15.4 Å². The van der Waals surface area contributed by atoms with Crippen molar-refractivity contribution in [2.75, 3.05) is 0 Å². The van der Waals surface area contributed by atoms with Gasteiger partial charge in [-0.1, -0.05) is 72.8 Å². The molecule has 0 radical (unpaired) electrons. The minimum absolute atomic E-state index is 0.182. The Labute approximate surface area is 153 Å². The van der Waals surface area contributed by atoms with E-state index in [0.29, 0.717) is 19.7 Å². The number of hydrogen-bond acceptors (Lipinski definition) is 2. The summed E-state index contributed by atoms with van der Waals surface area (Å²) in [7, 11) is 0. The average Bonchev–Trinajstić information content (AvgIpc) is 2.71. The summed E-state index contributed by atoms with van der Waals surface area (Å²) in [5.74, 6) is 0.811. The van der Waals surface area contributed by atoms with Crippen molar-refractivity contribution in [1.29, 1.82) is 0 Å². The summed E-state index contributed by atoms with van der Waals surface area (Å²) < 4.78 is 5.76. The van der Waals surface area contributed by atoms with Crippen LogP contribution in [-0.2, 0) is 19.7 Å². The predicted octanol–water partition coefficient (Wildman–Crippen LogP) is 4.27. The summed E-state index contributed by atoms with van der Waals surface area (Å²) in [5, 5.41) is 5.70. The lowest BCUT2D eigenvalue weighted by Crippen LogP contribution is -2.34. The molecule has 0 spiro atoms. The number of amides is 2. The van der Waals surface area contributed by atoms with E-state index in [2.05, 4.69) is 10.6 Å². The zero-order chi connectivity index (χ0) is 18.0. The van der Waals surface area contributed by atoms with Crippen molar-refractivity contribution in [1.82, 2.24) is 10.6 Å². The van der Waals surface area contributed by atoms with Crippen molar-refractivity contribution in [2.45, 2.75) is 19.7 Å². The van der Waals surface area contributed by atoms with Gasteiger partial charge >= 0.3 is 6.03 Å². The third-order valence-electron chi connectivity index (χ3n) is 3.92. The molecule has 0 aliphatic heterocycles. The van der Waals surface area contributed by atoms with Crippen LogP contribution in [0.4, 0.5) is 4.79 Å². The average molecular weight is 346 g/mol. The number of nitrogens with one attached hydrogen (secondary N) is 2. The Hall–Kier alpha value is -3.27. The van der Waals surface area contributed by atoms with Crippen molar-refractivity contribution in [3.05, 3.63) is 102 Å². The van der Waals surface area contributed by atoms with Gasteiger partial charge in [0.1, 0.15) is 12.4 Å². The van der Waals surface area contributed by atoms with Gasteiger partial charge in [0.25, 0.3) is 0 Å². The summed E-state index contributed by atoms with van der Waals surface area (Å²) in [4.78, 5) is 11.9. The molecule has 0 heterocycles. The zero-order valence-corrected chi connectivity index (χ0v) is 14.5. The van der Waals surface area contributed by atoms with Crippen LogP contribution in [0, 0.1) is 0 Å². The molecule has 4 heteroatoms. The third-order valence-corrected chi connectivity index (χ3v) is 3.92. The molecule has 2 N–H and O–H groups in total. The molecule has 2 amide bonds. The van der Waals surface area contributed by atoms with Gasteiger partial charge < -0.3 is 15.4 Å². The van der Waals surface area contributed by atoms with Gasteiger partial charge in [0.05, 0.1) is 0 Å². The van der Waals surface area contributed by atoms with Crippen LogP contribution in [-0.4, -0.2) is 6.03 Å². The monoisotopic (exact) mass is 346 g/mol. The molecule has 0 aliphatic carbocycles. The van der Waals surface area contributed by atoms with Crippen molar-refractivity contribution in [2.24, 2.45) is 0 Å². The lowest BCUT2D eigenvalue weighted by molar-refractivity contribution is 0.240. The van der Waals surface area contributed by atoms with E-state index in [4.69, 9.17) is 4.74 Å². The van der Waals surface area contributed by atoms with Crippen LogP contribution in [0.25, 0.3) is 0 Å². The molecular weight excluding hydrogens is 324 g/mol. The van der Waals surface area contributed by atoms with Gasteiger partial charge in [-0.15, -0.1) is 0 Å². The number of hydrogen-bond donors (Lipinski definition) is 2. The molecule has 3 aromatic rings. The Balaban J connectivity index is 1.40. The fourth-order valence-electron chi connectivity index (χ4n) is 2.47. The summed E-state index contributed by atoms with van der Waals surface area (Å²) in [5.41, 5.74) is 3.22. The van der Waals surface area contributed by atoms with E-state index in [-0.39, 0.29) is 6.03 Å². The van der Waals surface area contributed by atoms with Crippen LogP contribution >= 0.6 is 0 Å². The van der Waals surface area contributed by atoms with Gasteiger partial charge in [-0.25, -0.2) is 4.79 Å². The molecule has 0 unspecified atom stereocenters. The molecule has 0 aliphatic rings. The van der Waals surface area contributed by atoms with Gasteiger partial charge in [-0.05, 0) is 28.8 Å². The number of ether oxygens (including phenoxy) is 1. The zero-order valence-electron chi connectivity index (χ0n) is 14.5. The summed E-state index contributed by atoms with van der Waals surface area (Å²) in [6.45, 7) is 1.53. The first kappa shape index (κ1) is 17.5. The summed E-state index contributed by atoms with van der Waals surface area (Å²) in [6.07, 6.45) is 0. The molecule has 26 heavy (non-hydrogen) atoms. The largest absolute Gasteiger partial charge is 0.489 e. The fraction of sp³-hybridized carbons (Fsp3) is 0.136. The van der Waals surface area contributed by atoms with Gasteiger partial charge in [0, 0.05) is 13.1 Å². The number of benzene rings is 3. The Morgan fingerprint density at radius 1 is 0.654 bits per heavy atom. The van der Waals surface area contributed by atoms with Gasteiger partial charge in [0.15, 0.2) is 0 Å². The van der Waals surface area contributed by atoms with Crippen LogP contribution in [0.3, 0.4) is 0 Å². The van der Waals surface area contributed by atoms with Crippen molar-refractivity contribution in [3.8, 4) is 5.75 Å². The van der Waals surface area contributed by atoms with Crippen LogP contribution in [0.2, 0.25) is 0 Å². The van der Waals surface area contributed by atoms with E-state index in [9.17, 15) is 4.79 Å². The highest BCUT2D eigenvalue weighted by molar-refractivity contribution is 5.73. The highest BCUT2D eigenvalue weighted by atomic mass is 16.5. The molecule has 0 fully saturated rings. The minimum atomic E-state index is -0.182. The predicted molar refractivity (Wildman–Crippen MR) is 103 cm³/mol. The Morgan fingerprint density at radius 3 is 1.73 bits per heavy atom. The lowest BCUT2D eigenvalue weighted by Gasteiger charge is -2.09. The molecule has 132 valence electrons. The first-order valence-corrected chi connectivity index (χ1v) is 8.61.